The zero-order valence-electron chi connectivity index (χ0n) is 14.3. The maximum Gasteiger partial charge on any atom is 0.416 e. The molecule has 26 heavy (non-hydrogen) atoms. The van der Waals surface area contributed by atoms with Crippen LogP contribution in [0, 0.1) is 0 Å². The quantitative estimate of drug-likeness (QED) is 0.762. The largest absolute Gasteiger partial charge is 0.416 e. The monoisotopic (exact) mass is 367 g/mol. The number of halogens is 3. The van der Waals surface area contributed by atoms with Gasteiger partial charge in [0.2, 0.25) is 5.95 Å². The summed E-state index contributed by atoms with van der Waals surface area (Å²) in [6, 6.07) is 4.35. The number of fused-ring (bicyclic) bond motifs is 1. The third-order valence-electron chi connectivity index (χ3n) is 4.21. The van der Waals surface area contributed by atoms with E-state index in [-0.39, 0.29) is 17.7 Å². The molecule has 138 valence electrons. The molecular weight excluding hydrogens is 351 g/mol. The van der Waals surface area contributed by atoms with Crippen molar-refractivity contribution in [3.05, 3.63) is 56.2 Å². The second-order valence-corrected chi connectivity index (χ2v) is 5.84. The third-order valence-corrected chi connectivity index (χ3v) is 4.21. The summed E-state index contributed by atoms with van der Waals surface area (Å²) < 4.78 is 41.7. The highest BCUT2D eigenvalue weighted by atomic mass is 19.4. The second kappa shape index (κ2) is 6.04. The molecule has 0 unspecified atom stereocenters. The third kappa shape index (κ3) is 2.76. The van der Waals surface area contributed by atoms with E-state index in [2.05, 4.69) is 10.3 Å². The van der Waals surface area contributed by atoms with Crippen molar-refractivity contribution in [3.8, 4) is 0 Å². The Morgan fingerprint density at radius 1 is 1.08 bits per heavy atom. The average molecular weight is 367 g/mol. The van der Waals surface area contributed by atoms with E-state index >= 15 is 0 Å². The minimum absolute atomic E-state index is 0.139. The van der Waals surface area contributed by atoms with Crippen LogP contribution < -0.4 is 16.6 Å². The summed E-state index contributed by atoms with van der Waals surface area (Å²) in [6.45, 7) is -0.139. The minimum atomic E-state index is -4.44. The zero-order valence-corrected chi connectivity index (χ0v) is 14.3. The summed E-state index contributed by atoms with van der Waals surface area (Å²) in [5.74, 6) is 0.416. The van der Waals surface area contributed by atoms with Crippen molar-refractivity contribution in [1.29, 1.82) is 0 Å². The first-order chi connectivity index (χ1) is 12.1. The Bertz CT molecular complexity index is 1090. The Morgan fingerprint density at radius 2 is 1.69 bits per heavy atom. The number of nitrogens with one attached hydrogen (secondary N) is 1. The van der Waals surface area contributed by atoms with E-state index in [0.29, 0.717) is 11.5 Å². The first-order valence-electron chi connectivity index (χ1n) is 7.65. The van der Waals surface area contributed by atoms with Gasteiger partial charge in [-0.3, -0.25) is 13.9 Å². The standard InChI is InChI=1S/C16H16F3N5O2/c1-20-14-21-12-11(22(14)2)13(25)24(15(26)23(12)3)8-9-4-6-10(7-5-9)16(17,18)19/h4-7H,8H2,1-3H3,(H,20,21). The van der Waals surface area contributed by atoms with Gasteiger partial charge in [-0.25, -0.2) is 4.79 Å². The molecule has 0 spiro atoms. The van der Waals surface area contributed by atoms with Crippen LogP contribution in [0.3, 0.4) is 0 Å². The average Bonchev–Trinajstić information content (AvgIpc) is 2.93. The molecule has 0 aliphatic carbocycles. The van der Waals surface area contributed by atoms with Gasteiger partial charge in [0, 0.05) is 21.1 Å². The molecular formula is C16H16F3N5O2. The van der Waals surface area contributed by atoms with Crippen molar-refractivity contribution >= 4 is 17.1 Å². The Labute approximate surface area is 145 Å². The van der Waals surface area contributed by atoms with Crippen LogP contribution in [0.25, 0.3) is 11.2 Å². The number of hydrogen-bond donors (Lipinski definition) is 1. The van der Waals surface area contributed by atoms with Gasteiger partial charge in [-0.05, 0) is 17.7 Å². The lowest BCUT2D eigenvalue weighted by Gasteiger charge is -2.10. The number of hydrogen-bond acceptors (Lipinski definition) is 4. The topological polar surface area (TPSA) is 73.8 Å². The lowest BCUT2D eigenvalue weighted by Crippen LogP contribution is -2.39. The number of imidazole rings is 1. The molecule has 2 heterocycles. The molecule has 0 bridgehead atoms. The molecule has 0 radical (unpaired) electrons. The lowest BCUT2D eigenvalue weighted by molar-refractivity contribution is -0.137. The molecule has 0 amide bonds. The fourth-order valence-corrected chi connectivity index (χ4v) is 2.79. The number of anilines is 1. The Balaban J connectivity index is 2.13. The van der Waals surface area contributed by atoms with Gasteiger partial charge in [0.25, 0.3) is 5.56 Å². The highest BCUT2D eigenvalue weighted by Gasteiger charge is 2.30. The van der Waals surface area contributed by atoms with E-state index in [1.54, 1.807) is 14.1 Å². The number of alkyl halides is 3. The predicted octanol–water partition coefficient (Wildman–Crippen LogP) is 1.54. The maximum absolute atomic E-state index is 12.8. The number of rotatable bonds is 3. The van der Waals surface area contributed by atoms with Crippen LogP contribution in [0.15, 0.2) is 33.9 Å². The zero-order chi connectivity index (χ0) is 19.2. The van der Waals surface area contributed by atoms with Gasteiger partial charge in [0.1, 0.15) is 0 Å². The highest BCUT2D eigenvalue weighted by Crippen LogP contribution is 2.29. The van der Waals surface area contributed by atoms with E-state index in [4.69, 9.17) is 0 Å². The van der Waals surface area contributed by atoms with Gasteiger partial charge in [-0.2, -0.15) is 18.2 Å². The van der Waals surface area contributed by atoms with E-state index in [9.17, 15) is 22.8 Å². The number of benzene rings is 1. The Hall–Kier alpha value is -3.04. The molecule has 10 heteroatoms. The maximum atomic E-state index is 12.8. The lowest BCUT2D eigenvalue weighted by atomic mass is 10.1. The van der Waals surface area contributed by atoms with Crippen LogP contribution in [-0.4, -0.2) is 25.7 Å². The molecule has 0 aliphatic rings. The van der Waals surface area contributed by atoms with Crippen molar-refractivity contribution in [3.63, 3.8) is 0 Å². The van der Waals surface area contributed by atoms with Gasteiger partial charge >= 0.3 is 11.9 Å². The van der Waals surface area contributed by atoms with Crippen LogP contribution >= 0.6 is 0 Å². The van der Waals surface area contributed by atoms with Crippen molar-refractivity contribution in [2.75, 3.05) is 12.4 Å². The van der Waals surface area contributed by atoms with Gasteiger partial charge in [0.15, 0.2) is 11.2 Å². The molecule has 0 fully saturated rings. The summed E-state index contributed by atoms with van der Waals surface area (Å²) in [4.78, 5) is 29.5. The van der Waals surface area contributed by atoms with E-state index in [1.807, 2.05) is 0 Å². The molecule has 0 atom stereocenters. The predicted molar refractivity (Wildman–Crippen MR) is 90.3 cm³/mol. The van der Waals surface area contributed by atoms with Crippen LogP contribution in [0.2, 0.25) is 0 Å². The van der Waals surface area contributed by atoms with Crippen molar-refractivity contribution in [1.82, 2.24) is 18.7 Å². The highest BCUT2D eigenvalue weighted by molar-refractivity contribution is 5.74. The molecule has 1 aromatic carbocycles. The summed E-state index contributed by atoms with van der Waals surface area (Å²) in [7, 11) is 4.76. The molecule has 1 N–H and O–H groups in total. The van der Waals surface area contributed by atoms with E-state index in [0.717, 1.165) is 16.7 Å². The van der Waals surface area contributed by atoms with Gasteiger partial charge in [-0.1, -0.05) is 12.1 Å². The Morgan fingerprint density at radius 3 is 2.23 bits per heavy atom. The number of aromatic nitrogens is 4. The summed E-state index contributed by atoms with van der Waals surface area (Å²) in [6.07, 6.45) is -4.44. The van der Waals surface area contributed by atoms with Gasteiger partial charge in [-0.15, -0.1) is 0 Å². The Kier molecular flexibility index (Phi) is 4.13. The molecule has 7 nitrogen and oxygen atoms in total. The van der Waals surface area contributed by atoms with Crippen LogP contribution in [-0.2, 0) is 26.8 Å². The molecule has 0 saturated carbocycles. The van der Waals surface area contributed by atoms with Crippen molar-refractivity contribution in [2.24, 2.45) is 14.1 Å². The molecule has 3 aromatic rings. The molecule has 0 aliphatic heterocycles. The second-order valence-electron chi connectivity index (χ2n) is 5.84. The summed E-state index contributed by atoms with van der Waals surface area (Å²) in [5.41, 5.74) is -1.07. The van der Waals surface area contributed by atoms with Crippen molar-refractivity contribution < 1.29 is 13.2 Å². The van der Waals surface area contributed by atoms with Gasteiger partial charge in [0.05, 0.1) is 12.1 Å². The van der Waals surface area contributed by atoms with Crippen LogP contribution in [0.1, 0.15) is 11.1 Å². The normalized spacial score (nSPS) is 11.9. The van der Waals surface area contributed by atoms with E-state index < -0.39 is 23.0 Å². The molecule has 2 aromatic heterocycles. The van der Waals surface area contributed by atoms with Crippen molar-refractivity contribution in [2.45, 2.75) is 12.7 Å². The van der Waals surface area contributed by atoms with Crippen LogP contribution in [0.4, 0.5) is 19.1 Å². The summed E-state index contributed by atoms with van der Waals surface area (Å²) >= 11 is 0. The number of aryl methyl sites for hydroxylation is 2. The summed E-state index contributed by atoms with van der Waals surface area (Å²) in [5, 5.41) is 2.83. The SMILES string of the molecule is CNc1nc2c(c(=O)n(Cc3ccc(C(F)(F)F)cc3)c(=O)n2C)n1C. The van der Waals surface area contributed by atoms with Crippen LogP contribution in [0.5, 0.6) is 0 Å². The smallest absolute Gasteiger partial charge is 0.359 e. The minimum Gasteiger partial charge on any atom is -0.359 e. The fourth-order valence-electron chi connectivity index (χ4n) is 2.79. The molecule has 3 rings (SSSR count). The first-order valence-corrected chi connectivity index (χ1v) is 7.65. The molecule has 0 saturated heterocycles. The fraction of sp³-hybridized carbons (Fsp3) is 0.312. The number of nitrogens with zero attached hydrogens (tertiary/aromatic N) is 4. The first kappa shape index (κ1) is 17.8. The van der Waals surface area contributed by atoms with E-state index in [1.165, 1.54) is 28.3 Å². The van der Waals surface area contributed by atoms with Gasteiger partial charge < -0.3 is 9.88 Å².